The van der Waals surface area contributed by atoms with Crippen LogP contribution < -0.4 is 0 Å². The molecule has 1 saturated heterocycles. The molecule has 0 unspecified atom stereocenters. The molecular formula is C23H30N2O3. The van der Waals surface area contributed by atoms with Crippen molar-refractivity contribution in [1.82, 2.24) is 9.80 Å². The Balaban J connectivity index is 1.59. The third-order valence-electron chi connectivity index (χ3n) is 5.25. The van der Waals surface area contributed by atoms with E-state index in [1.165, 1.54) is 11.1 Å². The Labute approximate surface area is 167 Å². The van der Waals surface area contributed by atoms with Crippen LogP contribution in [0, 0.1) is 0 Å². The minimum absolute atomic E-state index is 0.0831. The predicted molar refractivity (Wildman–Crippen MR) is 110 cm³/mol. The van der Waals surface area contributed by atoms with Crippen molar-refractivity contribution in [3.63, 3.8) is 0 Å². The van der Waals surface area contributed by atoms with Crippen molar-refractivity contribution in [3.8, 4) is 0 Å². The minimum Gasteiger partial charge on any atom is -0.448 e. The van der Waals surface area contributed by atoms with Crippen LogP contribution in [-0.2, 0) is 17.8 Å². The van der Waals surface area contributed by atoms with Gasteiger partial charge >= 0.3 is 6.09 Å². The summed E-state index contributed by atoms with van der Waals surface area (Å²) >= 11 is 0. The first-order chi connectivity index (χ1) is 13.6. The van der Waals surface area contributed by atoms with Gasteiger partial charge in [-0.25, -0.2) is 4.79 Å². The van der Waals surface area contributed by atoms with Crippen LogP contribution in [-0.4, -0.2) is 52.8 Å². The highest BCUT2D eigenvalue weighted by atomic mass is 16.6. The minimum atomic E-state index is -0.296. The molecule has 0 aromatic heterocycles. The highest BCUT2D eigenvalue weighted by Gasteiger charge is 2.24. The van der Waals surface area contributed by atoms with Crippen LogP contribution in [0.25, 0.3) is 0 Å². The van der Waals surface area contributed by atoms with Gasteiger partial charge in [-0.1, -0.05) is 60.7 Å². The van der Waals surface area contributed by atoms with Crippen molar-refractivity contribution in [3.05, 3.63) is 71.8 Å². The largest absolute Gasteiger partial charge is 0.448 e. The average Bonchev–Trinajstić information content (AvgIpc) is 2.73. The second kappa shape index (κ2) is 10.2. The van der Waals surface area contributed by atoms with E-state index < -0.39 is 0 Å². The molecule has 2 aromatic carbocycles. The van der Waals surface area contributed by atoms with Crippen molar-refractivity contribution >= 4 is 6.09 Å². The number of hydrogen-bond donors (Lipinski definition) is 1. The van der Waals surface area contributed by atoms with Crippen molar-refractivity contribution in [2.75, 3.05) is 19.7 Å². The highest BCUT2D eigenvalue weighted by Crippen LogP contribution is 2.15. The number of likely N-dealkylation sites (tertiary alicyclic amines) is 1. The molecule has 1 fully saturated rings. The lowest BCUT2D eigenvalue weighted by atomic mass is 10.1. The van der Waals surface area contributed by atoms with Gasteiger partial charge in [0.25, 0.3) is 0 Å². The van der Waals surface area contributed by atoms with Crippen molar-refractivity contribution in [2.24, 2.45) is 0 Å². The maximum absolute atomic E-state index is 12.4. The maximum Gasteiger partial charge on any atom is 0.409 e. The Bertz CT molecular complexity index is 674. The molecule has 28 heavy (non-hydrogen) atoms. The van der Waals surface area contributed by atoms with E-state index in [2.05, 4.69) is 36.1 Å². The molecule has 2 aromatic rings. The van der Waals surface area contributed by atoms with Gasteiger partial charge in [-0.2, -0.15) is 0 Å². The lowest BCUT2D eigenvalue weighted by Crippen LogP contribution is -2.42. The Hall–Kier alpha value is -2.37. The molecule has 0 saturated carbocycles. The molecule has 1 amide bonds. The fourth-order valence-corrected chi connectivity index (χ4v) is 3.44. The van der Waals surface area contributed by atoms with Gasteiger partial charge in [-0.3, -0.25) is 4.90 Å². The molecule has 0 aliphatic carbocycles. The zero-order valence-corrected chi connectivity index (χ0v) is 16.5. The van der Waals surface area contributed by atoms with E-state index in [0.717, 1.165) is 13.1 Å². The summed E-state index contributed by atoms with van der Waals surface area (Å²) in [4.78, 5) is 16.4. The predicted octanol–water partition coefficient (Wildman–Crippen LogP) is 3.67. The van der Waals surface area contributed by atoms with E-state index in [9.17, 15) is 9.90 Å². The standard InChI is InChI=1S/C23H30N2O3/c1-19(18-28-23(27)24-14-12-22(26)13-15-24)25(16-20-8-4-2-5-9-20)17-21-10-6-3-7-11-21/h2-11,19,22,26H,12-18H2,1H3/t19-/m0/s1. The topological polar surface area (TPSA) is 53.0 Å². The molecule has 1 heterocycles. The first-order valence-electron chi connectivity index (χ1n) is 10.0. The van der Waals surface area contributed by atoms with Crippen LogP contribution in [0.3, 0.4) is 0 Å². The zero-order chi connectivity index (χ0) is 19.8. The number of aliphatic hydroxyl groups excluding tert-OH is 1. The van der Waals surface area contributed by atoms with Gasteiger partial charge in [0.2, 0.25) is 0 Å². The van der Waals surface area contributed by atoms with Crippen LogP contribution in [0.15, 0.2) is 60.7 Å². The molecule has 5 nitrogen and oxygen atoms in total. The number of benzene rings is 2. The smallest absolute Gasteiger partial charge is 0.409 e. The van der Waals surface area contributed by atoms with Gasteiger partial charge in [0.05, 0.1) is 6.10 Å². The first kappa shape index (κ1) is 20.4. The van der Waals surface area contributed by atoms with E-state index in [4.69, 9.17) is 4.74 Å². The van der Waals surface area contributed by atoms with Gasteiger partial charge in [-0.05, 0) is 30.9 Å². The monoisotopic (exact) mass is 382 g/mol. The first-order valence-corrected chi connectivity index (χ1v) is 10.0. The van der Waals surface area contributed by atoms with Crippen LogP contribution in [0.5, 0.6) is 0 Å². The van der Waals surface area contributed by atoms with Crippen molar-refractivity contribution < 1.29 is 14.6 Å². The summed E-state index contributed by atoms with van der Waals surface area (Å²) in [5.41, 5.74) is 2.48. The normalized spacial score (nSPS) is 16.2. The lowest BCUT2D eigenvalue weighted by molar-refractivity contribution is 0.0416. The van der Waals surface area contributed by atoms with Gasteiger partial charge < -0.3 is 14.7 Å². The number of ether oxygens (including phenoxy) is 1. The lowest BCUT2D eigenvalue weighted by Gasteiger charge is -2.32. The number of amides is 1. The van der Waals surface area contributed by atoms with Crippen molar-refractivity contribution in [2.45, 2.75) is 45.0 Å². The summed E-state index contributed by atoms with van der Waals surface area (Å²) in [6, 6.07) is 20.8. The highest BCUT2D eigenvalue weighted by molar-refractivity contribution is 5.67. The zero-order valence-electron chi connectivity index (χ0n) is 16.5. The Morgan fingerprint density at radius 3 is 2.04 bits per heavy atom. The summed E-state index contributed by atoms with van der Waals surface area (Å²) in [6.45, 7) is 5.16. The van der Waals surface area contributed by atoms with Crippen molar-refractivity contribution in [1.29, 1.82) is 0 Å². The summed E-state index contributed by atoms with van der Waals surface area (Å²) in [7, 11) is 0. The molecule has 150 valence electrons. The average molecular weight is 383 g/mol. The molecular weight excluding hydrogens is 352 g/mol. The van der Waals surface area contributed by atoms with Crippen LogP contribution >= 0.6 is 0 Å². The molecule has 0 bridgehead atoms. The van der Waals surface area contributed by atoms with E-state index in [1.54, 1.807) is 4.90 Å². The summed E-state index contributed by atoms with van der Waals surface area (Å²) < 4.78 is 5.60. The SMILES string of the molecule is C[C@@H](COC(=O)N1CCC(O)CC1)N(Cc1ccccc1)Cc1ccccc1. The third-order valence-corrected chi connectivity index (χ3v) is 5.25. The van der Waals surface area contributed by atoms with Gasteiger partial charge in [-0.15, -0.1) is 0 Å². The fraction of sp³-hybridized carbons (Fsp3) is 0.435. The molecule has 1 atom stereocenters. The molecule has 0 spiro atoms. The van der Waals surface area contributed by atoms with E-state index in [0.29, 0.717) is 32.5 Å². The number of rotatable bonds is 7. The molecule has 1 aliphatic rings. The summed E-state index contributed by atoms with van der Waals surface area (Å²) in [6.07, 6.45) is 0.672. The number of piperidine rings is 1. The maximum atomic E-state index is 12.4. The molecule has 1 aliphatic heterocycles. The summed E-state index contributed by atoms with van der Waals surface area (Å²) in [5.74, 6) is 0. The van der Waals surface area contributed by atoms with Gasteiger partial charge in [0.1, 0.15) is 6.61 Å². The number of aliphatic hydroxyl groups is 1. The van der Waals surface area contributed by atoms with Crippen LogP contribution in [0.4, 0.5) is 4.79 Å². The van der Waals surface area contributed by atoms with E-state index in [1.807, 2.05) is 36.4 Å². The van der Waals surface area contributed by atoms with Crippen LogP contribution in [0.2, 0.25) is 0 Å². The van der Waals surface area contributed by atoms with E-state index >= 15 is 0 Å². The second-order valence-corrected chi connectivity index (χ2v) is 7.52. The third kappa shape index (κ3) is 6.08. The number of carbonyl (C=O) groups is 1. The molecule has 3 rings (SSSR count). The molecule has 5 heteroatoms. The number of hydrogen-bond acceptors (Lipinski definition) is 4. The van der Waals surface area contributed by atoms with Gasteiger partial charge in [0.15, 0.2) is 0 Å². The Morgan fingerprint density at radius 2 is 1.54 bits per heavy atom. The summed E-state index contributed by atoms with van der Waals surface area (Å²) in [5, 5.41) is 9.59. The van der Waals surface area contributed by atoms with Gasteiger partial charge in [0, 0.05) is 32.2 Å². The molecule has 0 radical (unpaired) electrons. The number of carbonyl (C=O) groups excluding carboxylic acids is 1. The Kier molecular flexibility index (Phi) is 7.46. The van der Waals surface area contributed by atoms with E-state index in [-0.39, 0.29) is 18.2 Å². The Morgan fingerprint density at radius 1 is 1.04 bits per heavy atom. The molecule has 1 N–H and O–H groups in total. The quantitative estimate of drug-likeness (QED) is 0.794. The van der Waals surface area contributed by atoms with Crippen LogP contribution in [0.1, 0.15) is 30.9 Å². The second-order valence-electron chi connectivity index (χ2n) is 7.52. The number of nitrogens with zero attached hydrogens (tertiary/aromatic N) is 2. The fourth-order valence-electron chi connectivity index (χ4n) is 3.44.